The van der Waals surface area contributed by atoms with Gasteiger partial charge in [0.05, 0.1) is 6.10 Å². The first-order valence-electron chi connectivity index (χ1n) is 9.57. The van der Waals surface area contributed by atoms with E-state index in [1.54, 1.807) is 22.9 Å². The number of β-amino-alcohol motifs (C(OH)–C–C–N with tert-alkyl or cyclic N) is 1. The molecule has 148 valence electrons. The Balaban J connectivity index is 1.25. The van der Waals surface area contributed by atoms with Crippen molar-refractivity contribution in [3.05, 3.63) is 48.3 Å². The molecule has 0 spiro atoms. The molecule has 1 amide bonds. The molecule has 0 aliphatic carbocycles. The molecule has 1 N–H and O–H groups in total. The topological polar surface area (TPSA) is 71.9 Å². The highest BCUT2D eigenvalue weighted by atomic mass is 32.2. The van der Waals surface area contributed by atoms with Crippen molar-refractivity contribution in [1.82, 2.24) is 9.88 Å². The summed E-state index contributed by atoms with van der Waals surface area (Å²) >= 11 is 1.63. The Morgan fingerprint density at radius 2 is 2.04 bits per heavy atom. The highest BCUT2D eigenvalue weighted by molar-refractivity contribution is 7.99. The number of aromatic nitrogens is 1. The number of likely N-dealkylation sites (tertiary alicyclic amines) is 1. The minimum absolute atomic E-state index is 0.0456. The van der Waals surface area contributed by atoms with Crippen LogP contribution in [0.3, 0.4) is 0 Å². The van der Waals surface area contributed by atoms with Crippen LogP contribution in [-0.2, 0) is 11.2 Å². The molecule has 0 saturated carbocycles. The highest BCUT2D eigenvalue weighted by Gasteiger charge is 2.33. The number of carbonyl (C=O) groups excluding carboxylic acids is 1. The maximum Gasteiger partial charge on any atom is 0.223 e. The molecule has 2 aliphatic rings. The van der Waals surface area contributed by atoms with Crippen molar-refractivity contribution < 1.29 is 19.4 Å². The number of nitrogens with zero attached hydrogens (tertiary/aromatic N) is 2. The smallest absolute Gasteiger partial charge is 0.223 e. The van der Waals surface area contributed by atoms with Crippen LogP contribution in [0, 0.1) is 5.92 Å². The van der Waals surface area contributed by atoms with Crippen LogP contribution in [0.4, 0.5) is 0 Å². The average molecular weight is 401 g/mol. The van der Waals surface area contributed by atoms with Crippen molar-refractivity contribution in [2.24, 2.45) is 5.92 Å². The average Bonchev–Trinajstić information content (AvgIpc) is 3.09. The third-order valence-corrected chi connectivity index (χ3v) is 6.05. The van der Waals surface area contributed by atoms with Gasteiger partial charge in [0, 0.05) is 48.0 Å². The minimum Gasteiger partial charge on any atom is -0.486 e. The molecule has 3 heterocycles. The zero-order chi connectivity index (χ0) is 19.3. The molecule has 2 atom stereocenters. The van der Waals surface area contributed by atoms with Gasteiger partial charge >= 0.3 is 0 Å². The predicted octanol–water partition coefficient (Wildman–Crippen LogP) is 2.40. The number of benzene rings is 1. The molecule has 1 saturated heterocycles. The quantitative estimate of drug-likeness (QED) is 0.751. The summed E-state index contributed by atoms with van der Waals surface area (Å²) in [4.78, 5) is 19.7. The number of pyridine rings is 1. The molecular formula is C21H24N2O4S. The molecule has 1 aromatic carbocycles. The Morgan fingerprint density at radius 3 is 2.86 bits per heavy atom. The van der Waals surface area contributed by atoms with Crippen LogP contribution in [-0.4, -0.2) is 59.1 Å². The van der Waals surface area contributed by atoms with Crippen LogP contribution < -0.4 is 9.47 Å². The molecule has 2 aromatic rings. The molecule has 0 bridgehead atoms. The van der Waals surface area contributed by atoms with E-state index in [4.69, 9.17) is 9.47 Å². The monoisotopic (exact) mass is 400 g/mol. The first-order valence-corrected chi connectivity index (χ1v) is 10.6. The number of carbonyl (C=O) groups is 1. The maximum absolute atomic E-state index is 12.6. The van der Waals surface area contributed by atoms with Crippen LogP contribution in [0.2, 0.25) is 0 Å². The summed E-state index contributed by atoms with van der Waals surface area (Å²) in [5.41, 5.74) is 0.954. The molecule has 1 aromatic heterocycles. The number of aliphatic hydroxyl groups excluding tert-OH is 1. The van der Waals surface area contributed by atoms with Crippen molar-refractivity contribution in [3.63, 3.8) is 0 Å². The maximum atomic E-state index is 12.6. The van der Waals surface area contributed by atoms with Gasteiger partial charge in [0.2, 0.25) is 5.91 Å². The molecule has 6 nitrogen and oxygen atoms in total. The van der Waals surface area contributed by atoms with Crippen molar-refractivity contribution in [1.29, 1.82) is 0 Å². The van der Waals surface area contributed by atoms with Gasteiger partial charge in [-0.2, -0.15) is 0 Å². The fourth-order valence-electron chi connectivity index (χ4n) is 3.57. The van der Waals surface area contributed by atoms with E-state index in [1.807, 2.05) is 36.4 Å². The number of fused-ring (bicyclic) bond motifs is 1. The lowest BCUT2D eigenvalue weighted by Crippen LogP contribution is -2.29. The van der Waals surface area contributed by atoms with Crippen LogP contribution in [0.1, 0.15) is 12.1 Å². The third-order valence-electron chi connectivity index (χ3n) is 5.05. The summed E-state index contributed by atoms with van der Waals surface area (Å²) in [6.45, 7) is 2.14. The van der Waals surface area contributed by atoms with Gasteiger partial charge in [-0.15, -0.1) is 11.8 Å². The van der Waals surface area contributed by atoms with E-state index in [1.165, 1.54) is 0 Å². The highest BCUT2D eigenvalue weighted by Crippen LogP contribution is 2.34. The summed E-state index contributed by atoms with van der Waals surface area (Å²) in [5, 5.41) is 10.3. The lowest BCUT2D eigenvalue weighted by Gasteiger charge is -2.19. The molecule has 0 radical (unpaired) electrons. The minimum atomic E-state index is -0.489. The van der Waals surface area contributed by atoms with Crippen LogP contribution in [0.5, 0.6) is 11.5 Å². The second-order valence-corrected chi connectivity index (χ2v) is 8.22. The largest absolute Gasteiger partial charge is 0.486 e. The van der Waals surface area contributed by atoms with E-state index >= 15 is 0 Å². The number of hydrogen-bond acceptors (Lipinski definition) is 6. The van der Waals surface area contributed by atoms with E-state index in [0.717, 1.165) is 22.1 Å². The number of aliphatic hydroxyl groups is 1. The molecule has 2 aliphatic heterocycles. The van der Waals surface area contributed by atoms with Crippen molar-refractivity contribution in [2.75, 3.05) is 32.1 Å². The summed E-state index contributed by atoms with van der Waals surface area (Å²) in [5.74, 6) is 2.37. The second kappa shape index (κ2) is 8.84. The van der Waals surface area contributed by atoms with E-state index in [9.17, 15) is 9.90 Å². The van der Waals surface area contributed by atoms with Gasteiger partial charge in [-0.1, -0.05) is 6.07 Å². The summed E-state index contributed by atoms with van der Waals surface area (Å²) in [6.07, 6.45) is 2.41. The van der Waals surface area contributed by atoms with Gasteiger partial charge in [-0.3, -0.25) is 9.78 Å². The molecule has 2 unspecified atom stereocenters. The van der Waals surface area contributed by atoms with Crippen molar-refractivity contribution in [3.8, 4) is 11.5 Å². The van der Waals surface area contributed by atoms with Crippen LogP contribution in [0.15, 0.2) is 47.5 Å². The number of thioether (sulfide) groups is 1. The van der Waals surface area contributed by atoms with E-state index in [2.05, 4.69) is 4.98 Å². The Bertz CT molecular complexity index is 817. The van der Waals surface area contributed by atoms with Crippen molar-refractivity contribution >= 4 is 17.7 Å². The molecule has 4 rings (SSSR count). The normalized spacial score (nSPS) is 21.0. The summed E-state index contributed by atoms with van der Waals surface area (Å²) < 4.78 is 11.1. The van der Waals surface area contributed by atoms with Gasteiger partial charge < -0.3 is 19.5 Å². The first kappa shape index (κ1) is 19.1. The number of rotatable bonds is 6. The predicted molar refractivity (Wildman–Crippen MR) is 107 cm³/mol. The summed E-state index contributed by atoms with van der Waals surface area (Å²) in [7, 11) is 0. The van der Waals surface area contributed by atoms with E-state index in [-0.39, 0.29) is 11.8 Å². The van der Waals surface area contributed by atoms with Gasteiger partial charge in [0.1, 0.15) is 13.2 Å². The Morgan fingerprint density at radius 1 is 1.18 bits per heavy atom. The SMILES string of the molecule is O=C(CCSc1ccc2c(c1)OCCO2)N1CC(O)C(Cc2ccccn2)C1. The Kier molecular flexibility index (Phi) is 6.02. The van der Waals surface area contributed by atoms with Crippen LogP contribution in [0.25, 0.3) is 0 Å². The van der Waals surface area contributed by atoms with Gasteiger partial charge in [-0.05, 0) is 36.8 Å². The molecule has 7 heteroatoms. The van der Waals surface area contributed by atoms with Crippen LogP contribution >= 0.6 is 11.8 Å². The van der Waals surface area contributed by atoms with Gasteiger partial charge in [0.25, 0.3) is 0 Å². The molecular weight excluding hydrogens is 376 g/mol. The summed E-state index contributed by atoms with van der Waals surface area (Å²) in [6, 6.07) is 11.7. The third kappa shape index (κ3) is 4.59. The van der Waals surface area contributed by atoms with E-state index < -0.39 is 6.10 Å². The zero-order valence-corrected chi connectivity index (χ0v) is 16.4. The van der Waals surface area contributed by atoms with Crippen molar-refractivity contribution in [2.45, 2.75) is 23.8 Å². The standard InChI is InChI=1S/C21H24N2O4S/c24-18-14-23(13-15(18)11-16-3-1-2-7-22-16)21(25)6-10-28-17-4-5-19-20(12-17)27-9-8-26-19/h1-5,7,12,15,18,24H,6,8-11,13-14H2. The van der Waals surface area contributed by atoms with Gasteiger partial charge in [0.15, 0.2) is 11.5 Å². The fraction of sp³-hybridized carbons (Fsp3) is 0.429. The lowest BCUT2D eigenvalue weighted by atomic mass is 10.00. The molecule has 1 fully saturated rings. The Hall–Kier alpha value is -2.25. The number of amides is 1. The number of hydrogen-bond donors (Lipinski definition) is 1. The Labute approximate surface area is 168 Å². The van der Waals surface area contributed by atoms with E-state index in [0.29, 0.717) is 44.9 Å². The number of ether oxygens (including phenoxy) is 2. The van der Waals surface area contributed by atoms with Gasteiger partial charge in [-0.25, -0.2) is 0 Å². The lowest BCUT2D eigenvalue weighted by molar-refractivity contribution is -0.130. The first-order chi connectivity index (χ1) is 13.7. The fourth-order valence-corrected chi connectivity index (χ4v) is 4.44. The zero-order valence-electron chi connectivity index (χ0n) is 15.6. The molecule has 28 heavy (non-hydrogen) atoms. The second-order valence-electron chi connectivity index (χ2n) is 7.06.